The van der Waals surface area contributed by atoms with E-state index in [1.165, 1.54) is 16.4 Å². The van der Waals surface area contributed by atoms with Crippen LogP contribution in [0.15, 0.2) is 18.2 Å². The first-order valence-corrected chi connectivity index (χ1v) is 7.94. The normalized spacial score (nSPS) is 17.6. The van der Waals surface area contributed by atoms with Gasteiger partial charge in [-0.2, -0.15) is 18.0 Å². The molecule has 1 aliphatic rings. The molecule has 20 heavy (non-hydrogen) atoms. The Hall–Kier alpha value is -1.78. The monoisotopic (exact) mass is 294 g/mol. The Morgan fingerprint density at radius 2 is 2.05 bits per heavy atom. The van der Waals surface area contributed by atoms with Crippen LogP contribution in [0.4, 0.5) is 11.4 Å². The van der Waals surface area contributed by atoms with Gasteiger partial charge < -0.3 is 5.73 Å². The highest BCUT2D eigenvalue weighted by Gasteiger charge is 2.26. The van der Waals surface area contributed by atoms with Crippen LogP contribution in [0, 0.1) is 17.2 Å². The molecule has 0 aliphatic carbocycles. The summed E-state index contributed by atoms with van der Waals surface area (Å²) in [4.78, 5) is 0. The molecule has 1 aromatic carbocycles. The molecule has 0 atom stereocenters. The van der Waals surface area contributed by atoms with Gasteiger partial charge in [-0.1, -0.05) is 6.92 Å². The number of rotatable bonds is 3. The third-order valence-corrected chi connectivity index (χ3v) is 5.01. The van der Waals surface area contributed by atoms with E-state index in [0.29, 0.717) is 24.7 Å². The highest BCUT2D eigenvalue weighted by atomic mass is 32.2. The van der Waals surface area contributed by atoms with Crippen LogP contribution < -0.4 is 10.5 Å². The molecule has 6 nitrogen and oxygen atoms in total. The maximum atomic E-state index is 12.3. The van der Waals surface area contributed by atoms with Crippen LogP contribution in [0.5, 0.6) is 0 Å². The van der Waals surface area contributed by atoms with Gasteiger partial charge in [0.25, 0.3) is 0 Å². The van der Waals surface area contributed by atoms with Gasteiger partial charge in [-0.3, -0.25) is 4.72 Å². The van der Waals surface area contributed by atoms with Gasteiger partial charge in [0.15, 0.2) is 0 Å². The Morgan fingerprint density at radius 3 is 2.65 bits per heavy atom. The summed E-state index contributed by atoms with van der Waals surface area (Å²) < 4.78 is 28.5. The van der Waals surface area contributed by atoms with Crippen molar-refractivity contribution in [3.63, 3.8) is 0 Å². The average molecular weight is 294 g/mol. The van der Waals surface area contributed by atoms with E-state index in [9.17, 15) is 8.42 Å². The van der Waals surface area contributed by atoms with Crippen molar-refractivity contribution in [3.8, 4) is 6.07 Å². The van der Waals surface area contributed by atoms with Crippen molar-refractivity contribution in [3.05, 3.63) is 23.8 Å². The second kappa shape index (κ2) is 5.69. The molecule has 0 saturated carbocycles. The molecule has 0 radical (unpaired) electrons. The fraction of sp³-hybridized carbons (Fsp3) is 0.462. The lowest BCUT2D eigenvalue weighted by molar-refractivity contribution is 0.289. The summed E-state index contributed by atoms with van der Waals surface area (Å²) in [5.41, 5.74) is 6.50. The number of nitrogens with one attached hydrogen (secondary N) is 1. The average Bonchev–Trinajstić information content (AvgIpc) is 2.41. The highest BCUT2D eigenvalue weighted by molar-refractivity contribution is 7.90. The smallest absolute Gasteiger partial charge is 0.301 e. The zero-order valence-electron chi connectivity index (χ0n) is 11.3. The van der Waals surface area contributed by atoms with Gasteiger partial charge in [-0.25, -0.2) is 0 Å². The molecule has 3 N–H and O–H groups in total. The van der Waals surface area contributed by atoms with E-state index in [4.69, 9.17) is 11.0 Å². The number of piperidine rings is 1. The molecular weight excluding hydrogens is 276 g/mol. The summed E-state index contributed by atoms with van der Waals surface area (Å²) in [6, 6.07) is 6.48. The molecule has 1 saturated heterocycles. The molecular formula is C13H18N4O2S. The minimum absolute atomic E-state index is 0.221. The number of benzene rings is 1. The van der Waals surface area contributed by atoms with Gasteiger partial charge in [0.1, 0.15) is 6.07 Å². The first-order valence-electron chi connectivity index (χ1n) is 6.50. The number of anilines is 2. The SMILES string of the molecule is CC1CCN(S(=O)(=O)Nc2ccc(N)cc2C#N)CC1. The van der Waals surface area contributed by atoms with Crippen molar-refractivity contribution in [1.82, 2.24) is 4.31 Å². The van der Waals surface area contributed by atoms with Gasteiger partial charge in [0.2, 0.25) is 0 Å². The maximum absolute atomic E-state index is 12.3. The molecule has 0 aromatic heterocycles. The van der Waals surface area contributed by atoms with E-state index < -0.39 is 10.2 Å². The second-order valence-corrected chi connectivity index (χ2v) is 6.78. The van der Waals surface area contributed by atoms with Crippen LogP contribution in [0.2, 0.25) is 0 Å². The third-order valence-electron chi connectivity index (χ3n) is 3.49. The minimum atomic E-state index is -3.61. The van der Waals surface area contributed by atoms with Crippen molar-refractivity contribution in [2.45, 2.75) is 19.8 Å². The quantitative estimate of drug-likeness (QED) is 0.826. The van der Waals surface area contributed by atoms with E-state index in [0.717, 1.165) is 12.8 Å². The molecule has 1 heterocycles. The third kappa shape index (κ3) is 3.21. The number of hydrogen-bond donors (Lipinski definition) is 2. The van der Waals surface area contributed by atoms with Gasteiger partial charge in [-0.05, 0) is 37.0 Å². The summed E-state index contributed by atoms with van der Waals surface area (Å²) >= 11 is 0. The molecule has 0 amide bonds. The number of hydrogen-bond acceptors (Lipinski definition) is 4. The van der Waals surface area contributed by atoms with E-state index in [1.54, 1.807) is 6.07 Å². The fourth-order valence-corrected chi connectivity index (χ4v) is 3.45. The Balaban J connectivity index is 2.19. The van der Waals surface area contributed by atoms with E-state index in [1.807, 2.05) is 6.07 Å². The predicted octanol–water partition coefficient (Wildman–Crippen LogP) is 1.53. The first-order chi connectivity index (χ1) is 9.42. The van der Waals surface area contributed by atoms with Crippen molar-refractivity contribution in [2.24, 2.45) is 5.92 Å². The lowest BCUT2D eigenvalue weighted by atomic mass is 10.0. The van der Waals surface area contributed by atoms with Crippen LogP contribution in [-0.4, -0.2) is 25.8 Å². The molecule has 108 valence electrons. The number of nitriles is 1. The van der Waals surface area contributed by atoms with Crippen LogP contribution in [0.1, 0.15) is 25.3 Å². The van der Waals surface area contributed by atoms with Crippen molar-refractivity contribution in [1.29, 1.82) is 5.26 Å². The number of nitrogens with two attached hydrogens (primary N) is 1. The topological polar surface area (TPSA) is 99.2 Å². The zero-order chi connectivity index (χ0) is 14.8. The lowest BCUT2D eigenvalue weighted by Crippen LogP contribution is -2.41. The lowest BCUT2D eigenvalue weighted by Gasteiger charge is -2.29. The maximum Gasteiger partial charge on any atom is 0.301 e. The van der Waals surface area contributed by atoms with Gasteiger partial charge in [0.05, 0.1) is 11.3 Å². The molecule has 1 aromatic rings. The van der Waals surface area contributed by atoms with Gasteiger partial charge >= 0.3 is 10.2 Å². The first kappa shape index (κ1) is 14.6. The van der Waals surface area contributed by atoms with Crippen LogP contribution in [0.25, 0.3) is 0 Å². The van der Waals surface area contributed by atoms with Crippen LogP contribution in [0.3, 0.4) is 0 Å². The Labute approximate surface area is 119 Å². The molecule has 1 aliphatic heterocycles. The Kier molecular flexibility index (Phi) is 4.16. The van der Waals surface area contributed by atoms with Crippen molar-refractivity contribution >= 4 is 21.6 Å². The van der Waals surface area contributed by atoms with Crippen LogP contribution >= 0.6 is 0 Å². The van der Waals surface area contributed by atoms with Gasteiger partial charge in [-0.15, -0.1) is 0 Å². The Bertz CT molecular complexity index is 628. The predicted molar refractivity (Wildman–Crippen MR) is 78.1 cm³/mol. The molecule has 0 bridgehead atoms. The Morgan fingerprint density at radius 1 is 1.40 bits per heavy atom. The second-order valence-electron chi connectivity index (χ2n) is 5.11. The summed E-state index contributed by atoms with van der Waals surface area (Å²) in [5.74, 6) is 0.549. The number of nitrogens with zero attached hydrogens (tertiary/aromatic N) is 2. The fourth-order valence-electron chi connectivity index (χ4n) is 2.17. The van der Waals surface area contributed by atoms with E-state index >= 15 is 0 Å². The summed E-state index contributed by atoms with van der Waals surface area (Å²) in [7, 11) is -3.61. The highest BCUT2D eigenvalue weighted by Crippen LogP contribution is 2.23. The largest absolute Gasteiger partial charge is 0.399 e. The summed E-state index contributed by atoms with van der Waals surface area (Å²) in [6.07, 6.45) is 1.71. The molecule has 0 spiro atoms. The molecule has 0 unspecified atom stereocenters. The summed E-state index contributed by atoms with van der Waals surface area (Å²) in [6.45, 7) is 3.13. The van der Waals surface area contributed by atoms with Crippen molar-refractivity contribution in [2.75, 3.05) is 23.5 Å². The van der Waals surface area contributed by atoms with E-state index in [-0.39, 0.29) is 11.3 Å². The summed E-state index contributed by atoms with van der Waals surface area (Å²) in [5, 5.41) is 9.03. The number of nitrogen functional groups attached to an aromatic ring is 1. The van der Waals surface area contributed by atoms with Crippen LogP contribution in [-0.2, 0) is 10.2 Å². The minimum Gasteiger partial charge on any atom is -0.399 e. The van der Waals surface area contributed by atoms with Crippen molar-refractivity contribution < 1.29 is 8.42 Å². The molecule has 7 heteroatoms. The van der Waals surface area contributed by atoms with E-state index in [2.05, 4.69) is 11.6 Å². The zero-order valence-corrected chi connectivity index (χ0v) is 12.2. The standard InChI is InChI=1S/C13H18N4O2S/c1-10-4-6-17(7-5-10)20(18,19)16-13-3-2-12(15)8-11(13)9-14/h2-3,8,10,16H,4-7,15H2,1H3. The van der Waals surface area contributed by atoms with Gasteiger partial charge in [0, 0.05) is 18.8 Å². The molecule has 2 rings (SSSR count). The molecule has 1 fully saturated rings.